The summed E-state index contributed by atoms with van der Waals surface area (Å²) in [5.74, 6) is 0.0705. The van der Waals surface area contributed by atoms with Gasteiger partial charge in [-0.1, -0.05) is 30.3 Å². The molecule has 25 heavy (non-hydrogen) atoms. The van der Waals surface area contributed by atoms with Gasteiger partial charge in [-0.05, 0) is 18.6 Å². The van der Waals surface area contributed by atoms with Gasteiger partial charge in [-0.25, -0.2) is 14.5 Å². The lowest BCUT2D eigenvalue weighted by Crippen LogP contribution is -2.13. The molecule has 7 nitrogen and oxygen atoms in total. The third-order valence-electron chi connectivity index (χ3n) is 3.63. The first-order chi connectivity index (χ1) is 12.2. The molecule has 0 unspecified atom stereocenters. The molecule has 3 aromatic heterocycles. The first kappa shape index (κ1) is 15.4. The van der Waals surface area contributed by atoms with Gasteiger partial charge in [0.1, 0.15) is 0 Å². The maximum atomic E-state index is 12.4. The van der Waals surface area contributed by atoms with Crippen LogP contribution in [0.1, 0.15) is 26.8 Å². The lowest BCUT2D eigenvalue weighted by molar-refractivity contribution is 0.101. The van der Waals surface area contributed by atoms with E-state index in [1.807, 2.05) is 25.1 Å². The number of benzene rings is 1. The zero-order chi connectivity index (χ0) is 17.2. The fourth-order valence-corrected chi connectivity index (χ4v) is 3.24. The Hall–Kier alpha value is -3.13. The Balaban J connectivity index is 1.50. The second-order valence-electron chi connectivity index (χ2n) is 5.48. The molecule has 1 aromatic carbocycles. The summed E-state index contributed by atoms with van der Waals surface area (Å²) in [7, 11) is 0. The van der Waals surface area contributed by atoms with Gasteiger partial charge in [0.05, 0.1) is 0 Å². The predicted octanol–water partition coefficient (Wildman–Crippen LogP) is 2.73. The average molecular weight is 350 g/mol. The van der Waals surface area contributed by atoms with Crippen LogP contribution in [0.15, 0.2) is 48.8 Å². The molecular weight excluding hydrogens is 336 g/mol. The van der Waals surface area contributed by atoms with E-state index in [4.69, 9.17) is 0 Å². The smallest absolute Gasteiger partial charge is 0.295 e. The third-order valence-corrected chi connectivity index (χ3v) is 4.54. The van der Waals surface area contributed by atoms with Crippen LogP contribution in [0.4, 0.5) is 5.13 Å². The number of carbonyl (C=O) groups excluding carboxylic acids is 1. The van der Waals surface area contributed by atoms with Crippen LogP contribution in [0.25, 0.3) is 5.78 Å². The fraction of sp³-hybridized carbons (Fsp3) is 0.118. The van der Waals surface area contributed by atoms with Crippen LogP contribution >= 0.6 is 11.3 Å². The molecule has 0 saturated heterocycles. The molecule has 0 fully saturated rings. The molecule has 3 heterocycles. The molecule has 0 radical (unpaired) electrons. The van der Waals surface area contributed by atoms with Crippen molar-refractivity contribution in [3.8, 4) is 0 Å². The third kappa shape index (κ3) is 3.24. The molecule has 1 N–H and O–H groups in total. The monoisotopic (exact) mass is 350 g/mol. The van der Waals surface area contributed by atoms with E-state index >= 15 is 0 Å². The number of anilines is 1. The largest absolute Gasteiger partial charge is 0.297 e. The van der Waals surface area contributed by atoms with Crippen LogP contribution in [-0.4, -0.2) is 30.5 Å². The van der Waals surface area contributed by atoms with Crippen molar-refractivity contribution in [2.75, 3.05) is 5.32 Å². The number of rotatable bonds is 4. The second kappa shape index (κ2) is 6.40. The predicted molar refractivity (Wildman–Crippen MR) is 94.8 cm³/mol. The van der Waals surface area contributed by atoms with E-state index in [2.05, 4.69) is 37.5 Å². The lowest BCUT2D eigenvalue weighted by Gasteiger charge is -1.97. The first-order valence-electron chi connectivity index (χ1n) is 7.67. The number of nitrogens with zero attached hydrogens (tertiary/aromatic N) is 5. The highest BCUT2D eigenvalue weighted by molar-refractivity contribution is 7.15. The van der Waals surface area contributed by atoms with Crippen molar-refractivity contribution in [2.24, 2.45) is 0 Å². The van der Waals surface area contributed by atoms with Crippen LogP contribution in [0.5, 0.6) is 0 Å². The Kier molecular flexibility index (Phi) is 3.95. The molecule has 8 heteroatoms. The summed E-state index contributed by atoms with van der Waals surface area (Å²) in [5.41, 5.74) is 2.06. The molecule has 0 saturated carbocycles. The normalized spacial score (nSPS) is 10.9. The minimum Gasteiger partial charge on any atom is -0.295 e. The molecule has 0 spiro atoms. The molecule has 0 aliphatic carbocycles. The summed E-state index contributed by atoms with van der Waals surface area (Å²) in [6, 6.07) is 11.9. The highest BCUT2D eigenvalue weighted by atomic mass is 32.1. The number of nitrogens with one attached hydrogen (secondary N) is 1. The van der Waals surface area contributed by atoms with Crippen molar-refractivity contribution in [2.45, 2.75) is 13.3 Å². The molecule has 4 aromatic rings. The molecule has 1 amide bonds. The number of carbonyl (C=O) groups is 1. The number of aromatic nitrogens is 5. The van der Waals surface area contributed by atoms with E-state index in [0.29, 0.717) is 10.9 Å². The number of aryl methyl sites for hydroxylation is 1. The maximum absolute atomic E-state index is 12.4. The van der Waals surface area contributed by atoms with Gasteiger partial charge >= 0.3 is 0 Å². The quantitative estimate of drug-likeness (QED) is 0.612. The van der Waals surface area contributed by atoms with Crippen molar-refractivity contribution in [3.05, 3.63) is 70.8 Å². The highest BCUT2D eigenvalue weighted by Crippen LogP contribution is 2.21. The van der Waals surface area contributed by atoms with Crippen molar-refractivity contribution >= 4 is 28.2 Å². The van der Waals surface area contributed by atoms with Crippen LogP contribution in [0.2, 0.25) is 0 Å². The van der Waals surface area contributed by atoms with E-state index in [9.17, 15) is 4.79 Å². The van der Waals surface area contributed by atoms with Crippen molar-refractivity contribution < 1.29 is 4.79 Å². The summed E-state index contributed by atoms with van der Waals surface area (Å²) in [6.45, 7) is 1.88. The number of hydrogen-bond acceptors (Lipinski definition) is 6. The van der Waals surface area contributed by atoms with Gasteiger partial charge in [-0.15, -0.1) is 16.4 Å². The van der Waals surface area contributed by atoms with Crippen LogP contribution in [0, 0.1) is 6.92 Å². The minimum absolute atomic E-state index is 0.0709. The summed E-state index contributed by atoms with van der Waals surface area (Å²) in [4.78, 5) is 25.9. The topological polar surface area (TPSA) is 85.1 Å². The molecule has 0 aliphatic rings. The number of hydrogen-bond donors (Lipinski definition) is 1. The Morgan fingerprint density at radius 2 is 2.04 bits per heavy atom. The summed E-state index contributed by atoms with van der Waals surface area (Å²) >= 11 is 1.44. The Labute approximate surface area is 147 Å². The molecule has 124 valence electrons. The number of amides is 1. The van der Waals surface area contributed by atoms with Crippen LogP contribution in [-0.2, 0) is 6.42 Å². The molecule has 0 bridgehead atoms. The number of fused-ring (bicyclic) bond motifs is 1. The van der Waals surface area contributed by atoms with Gasteiger partial charge < -0.3 is 0 Å². The minimum atomic E-state index is -0.398. The first-order valence-corrected chi connectivity index (χ1v) is 8.49. The lowest BCUT2D eigenvalue weighted by atomic mass is 10.1. The van der Waals surface area contributed by atoms with E-state index in [1.165, 1.54) is 21.4 Å². The zero-order valence-electron chi connectivity index (χ0n) is 13.4. The van der Waals surface area contributed by atoms with E-state index in [1.54, 1.807) is 18.5 Å². The molecular formula is C17H14N6OS. The summed E-state index contributed by atoms with van der Waals surface area (Å²) in [5, 5.41) is 7.47. The van der Waals surface area contributed by atoms with Crippen LogP contribution < -0.4 is 5.32 Å². The van der Waals surface area contributed by atoms with Gasteiger partial charge in [-0.3, -0.25) is 10.1 Å². The van der Waals surface area contributed by atoms with E-state index < -0.39 is 5.91 Å². The van der Waals surface area contributed by atoms with E-state index in [-0.39, 0.29) is 5.82 Å². The van der Waals surface area contributed by atoms with Crippen molar-refractivity contribution in [1.29, 1.82) is 0 Å². The van der Waals surface area contributed by atoms with Crippen molar-refractivity contribution in [3.63, 3.8) is 0 Å². The van der Waals surface area contributed by atoms with Gasteiger partial charge in [0.25, 0.3) is 11.7 Å². The SMILES string of the molecule is Cc1ccnc2nc(C(=O)Nc3ncc(Cc4ccccc4)s3)nn12. The van der Waals surface area contributed by atoms with Gasteiger partial charge in [-0.2, -0.15) is 4.98 Å². The maximum Gasteiger partial charge on any atom is 0.297 e. The standard InChI is InChI=1S/C17H14N6OS/c1-11-7-8-18-16-20-14(22-23(11)16)15(24)21-17-19-10-13(25-17)9-12-5-3-2-4-6-12/h2-8,10H,9H2,1H3,(H,19,21,24). The van der Waals surface area contributed by atoms with Crippen LogP contribution in [0.3, 0.4) is 0 Å². The zero-order valence-corrected chi connectivity index (χ0v) is 14.2. The van der Waals surface area contributed by atoms with Gasteiger partial charge in [0.15, 0.2) is 5.13 Å². The number of thiazole rings is 1. The summed E-state index contributed by atoms with van der Waals surface area (Å²) < 4.78 is 1.54. The second-order valence-corrected chi connectivity index (χ2v) is 6.60. The Bertz CT molecular complexity index is 1040. The average Bonchev–Trinajstić information content (AvgIpc) is 3.23. The Morgan fingerprint density at radius 3 is 2.84 bits per heavy atom. The fourth-order valence-electron chi connectivity index (χ4n) is 2.40. The Morgan fingerprint density at radius 1 is 1.20 bits per heavy atom. The molecule has 4 rings (SSSR count). The highest BCUT2D eigenvalue weighted by Gasteiger charge is 2.16. The molecule has 0 aliphatic heterocycles. The van der Waals surface area contributed by atoms with Gasteiger partial charge in [0, 0.05) is 29.4 Å². The van der Waals surface area contributed by atoms with Crippen molar-refractivity contribution in [1.82, 2.24) is 24.6 Å². The van der Waals surface area contributed by atoms with Gasteiger partial charge in [0.2, 0.25) is 5.82 Å². The molecule has 0 atom stereocenters. The summed E-state index contributed by atoms with van der Waals surface area (Å²) in [6.07, 6.45) is 4.19. The van der Waals surface area contributed by atoms with E-state index in [0.717, 1.165) is 17.0 Å².